The highest BCUT2D eigenvalue weighted by Crippen LogP contribution is 2.32. The van der Waals surface area contributed by atoms with Gasteiger partial charge in [0.1, 0.15) is 19.3 Å². The van der Waals surface area contributed by atoms with Gasteiger partial charge in [-0.1, -0.05) is 6.08 Å². The molecular weight excluding hydrogens is 364 g/mol. The molecule has 0 spiro atoms. The molecular formula is C16H22N2O5S2. The maximum atomic E-state index is 12.7. The van der Waals surface area contributed by atoms with E-state index in [-0.39, 0.29) is 17.3 Å². The lowest BCUT2D eigenvalue weighted by molar-refractivity contribution is -0.122. The van der Waals surface area contributed by atoms with Crippen LogP contribution in [0, 0.1) is 0 Å². The van der Waals surface area contributed by atoms with Crippen molar-refractivity contribution in [3.8, 4) is 11.5 Å². The third-order valence-corrected chi connectivity index (χ3v) is 5.58. The highest BCUT2D eigenvalue weighted by atomic mass is 32.2. The van der Waals surface area contributed by atoms with Gasteiger partial charge in [0.15, 0.2) is 11.5 Å². The number of nitrogens with one attached hydrogen (secondary N) is 2. The van der Waals surface area contributed by atoms with Gasteiger partial charge in [0.25, 0.3) is 0 Å². The average molecular weight is 386 g/mol. The van der Waals surface area contributed by atoms with E-state index in [4.69, 9.17) is 9.47 Å². The third kappa shape index (κ3) is 5.38. The standard InChI is InChI=1S/C16H22N2O5S2/c1-3-7-17-16(19)13(6-10-24-2)18-25(20,21)12-4-5-14-15(11-12)23-9-8-22-14/h3-5,11,13,18H,1,6-10H2,2H3,(H,17,19)/t13-/m0/s1. The number of hydrogen-bond donors (Lipinski definition) is 2. The Morgan fingerprint density at radius 3 is 2.76 bits per heavy atom. The van der Waals surface area contributed by atoms with Crippen molar-refractivity contribution in [3.63, 3.8) is 0 Å². The monoisotopic (exact) mass is 386 g/mol. The Morgan fingerprint density at radius 2 is 2.08 bits per heavy atom. The second-order valence-corrected chi connectivity index (χ2v) is 7.99. The Kier molecular flexibility index (Phi) is 7.15. The van der Waals surface area contributed by atoms with Crippen molar-refractivity contribution < 1.29 is 22.7 Å². The summed E-state index contributed by atoms with van der Waals surface area (Å²) in [6.45, 7) is 4.61. The number of hydrogen-bond acceptors (Lipinski definition) is 6. The fraction of sp³-hybridized carbons (Fsp3) is 0.438. The summed E-state index contributed by atoms with van der Waals surface area (Å²) in [6, 6.07) is 3.54. The fourth-order valence-electron chi connectivity index (χ4n) is 2.22. The lowest BCUT2D eigenvalue weighted by Gasteiger charge is -2.20. The Labute approximate surface area is 152 Å². The second kappa shape index (κ2) is 9.12. The van der Waals surface area contributed by atoms with E-state index in [1.54, 1.807) is 23.9 Å². The molecule has 0 aromatic heterocycles. The predicted octanol–water partition coefficient (Wildman–Crippen LogP) is 1.16. The van der Waals surface area contributed by atoms with E-state index in [9.17, 15) is 13.2 Å². The van der Waals surface area contributed by atoms with Gasteiger partial charge in [-0.15, -0.1) is 6.58 Å². The van der Waals surface area contributed by atoms with Crippen LogP contribution in [0.5, 0.6) is 11.5 Å². The molecule has 1 aliphatic heterocycles. The molecule has 0 saturated carbocycles. The molecule has 0 bridgehead atoms. The van der Waals surface area contributed by atoms with Gasteiger partial charge in [0.05, 0.1) is 4.90 Å². The molecule has 7 nitrogen and oxygen atoms in total. The van der Waals surface area contributed by atoms with E-state index in [0.29, 0.717) is 36.9 Å². The van der Waals surface area contributed by atoms with Gasteiger partial charge in [-0.25, -0.2) is 8.42 Å². The van der Waals surface area contributed by atoms with E-state index >= 15 is 0 Å². The van der Waals surface area contributed by atoms with E-state index in [1.165, 1.54) is 12.1 Å². The molecule has 0 saturated heterocycles. The Balaban J connectivity index is 2.17. The van der Waals surface area contributed by atoms with Gasteiger partial charge in [-0.3, -0.25) is 4.79 Å². The molecule has 25 heavy (non-hydrogen) atoms. The summed E-state index contributed by atoms with van der Waals surface area (Å²) in [5.74, 6) is 1.16. The number of amides is 1. The summed E-state index contributed by atoms with van der Waals surface area (Å²) in [5.41, 5.74) is 0. The van der Waals surface area contributed by atoms with Crippen molar-refractivity contribution in [2.24, 2.45) is 0 Å². The van der Waals surface area contributed by atoms with Gasteiger partial charge in [0.2, 0.25) is 15.9 Å². The smallest absolute Gasteiger partial charge is 0.241 e. The largest absolute Gasteiger partial charge is 0.486 e. The van der Waals surface area contributed by atoms with Crippen molar-refractivity contribution in [1.82, 2.24) is 10.0 Å². The summed E-state index contributed by atoms with van der Waals surface area (Å²) < 4.78 is 38.6. The first-order chi connectivity index (χ1) is 12.0. The zero-order chi connectivity index (χ0) is 18.3. The summed E-state index contributed by atoms with van der Waals surface area (Å²) >= 11 is 1.54. The number of carbonyl (C=O) groups is 1. The zero-order valence-corrected chi connectivity index (χ0v) is 15.6. The normalized spacial score (nSPS) is 14.6. The summed E-state index contributed by atoms with van der Waals surface area (Å²) in [6.07, 6.45) is 3.82. The molecule has 0 unspecified atom stereocenters. The molecule has 1 aromatic carbocycles. The topological polar surface area (TPSA) is 93.7 Å². The molecule has 0 fully saturated rings. The number of carbonyl (C=O) groups excluding carboxylic acids is 1. The van der Waals surface area contributed by atoms with E-state index in [2.05, 4.69) is 16.6 Å². The zero-order valence-electron chi connectivity index (χ0n) is 14.0. The summed E-state index contributed by atoms with van der Waals surface area (Å²) in [7, 11) is -3.87. The van der Waals surface area contributed by atoms with Crippen LogP contribution >= 0.6 is 11.8 Å². The van der Waals surface area contributed by atoms with Crippen molar-refractivity contribution in [2.45, 2.75) is 17.4 Å². The number of ether oxygens (including phenoxy) is 2. The summed E-state index contributed by atoms with van der Waals surface area (Å²) in [4.78, 5) is 12.2. The molecule has 0 radical (unpaired) electrons. The number of fused-ring (bicyclic) bond motifs is 1. The van der Waals surface area contributed by atoms with Gasteiger partial charge < -0.3 is 14.8 Å². The van der Waals surface area contributed by atoms with Gasteiger partial charge in [-0.2, -0.15) is 16.5 Å². The van der Waals surface area contributed by atoms with Crippen LogP contribution in [0.1, 0.15) is 6.42 Å². The van der Waals surface area contributed by atoms with Crippen LogP contribution in [0.4, 0.5) is 0 Å². The number of thioether (sulfide) groups is 1. The molecule has 0 aliphatic carbocycles. The molecule has 1 amide bonds. The highest BCUT2D eigenvalue weighted by molar-refractivity contribution is 7.98. The molecule has 138 valence electrons. The first-order valence-corrected chi connectivity index (χ1v) is 10.6. The van der Waals surface area contributed by atoms with Gasteiger partial charge >= 0.3 is 0 Å². The minimum Gasteiger partial charge on any atom is -0.486 e. The Morgan fingerprint density at radius 1 is 1.36 bits per heavy atom. The molecule has 1 heterocycles. The van der Waals surface area contributed by atoms with Crippen molar-refractivity contribution in [3.05, 3.63) is 30.9 Å². The second-order valence-electron chi connectivity index (χ2n) is 5.29. The molecule has 2 N–H and O–H groups in total. The number of sulfonamides is 1. The van der Waals surface area contributed by atoms with Crippen LogP contribution in [-0.2, 0) is 14.8 Å². The quantitative estimate of drug-likeness (QED) is 0.619. The lowest BCUT2D eigenvalue weighted by Crippen LogP contribution is -2.47. The van der Waals surface area contributed by atoms with Crippen LogP contribution in [0.25, 0.3) is 0 Å². The maximum absolute atomic E-state index is 12.7. The van der Waals surface area contributed by atoms with Crippen LogP contribution in [0.2, 0.25) is 0 Å². The third-order valence-electron chi connectivity index (χ3n) is 3.47. The first-order valence-electron chi connectivity index (χ1n) is 7.77. The SMILES string of the molecule is C=CCNC(=O)[C@H](CCSC)NS(=O)(=O)c1ccc2c(c1)OCCO2. The fourth-order valence-corrected chi connectivity index (χ4v) is 3.94. The molecule has 1 aromatic rings. The number of benzene rings is 1. The van der Waals surface area contributed by atoms with Crippen LogP contribution in [0.15, 0.2) is 35.7 Å². The van der Waals surface area contributed by atoms with Crippen LogP contribution in [-0.4, -0.2) is 52.1 Å². The molecule has 9 heteroatoms. The average Bonchev–Trinajstić information content (AvgIpc) is 2.62. The van der Waals surface area contributed by atoms with E-state index in [0.717, 1.165) is 0 Å². The van der Waals surface area contributed by atoms with Crippen LogP contribution < -0.4 is 19.5 Å². The summed E-state index contributed by atoms with van der Waals surface area (Å²) in [5, 5.41) is 2.63. The maximum Gasteiger partial charge on any atom is 0.241 e. The Bertz CT molecular complexity index is 721. The van der Waals surface area contributed by atoms with E-state index in [1.807, 2.05) is 6.26 Å². The van der Waals surface area contributed by atoms with E-state index < -0.39 is 16.1 Å². The van der Waals surface area contributed by atoms with Gasteiger partial charge in [-0.05, 0) is 30.6 Å². The van der Waals surface area contributed by atoms with Crippen LogP contribution in [0.3, 0.4) is 0 Å². The molecule has 1 aliphatic rings. The molecule has 2 rings (SSSR count). The lowest BCUT2D eigenvalue weighted by atomic mass is 10.2. The molecule has 1 atom stereocenters. The van der Waals surface area contributed by atoms with Crippen molar-refractivity contribution in [1.29, 1.82) is 0 Å². The number of rotatable bonds is 9. The van der Waals surface area contributed by atoms with Crippen molar-refractivity contribution >= 4 is 27.7 Å². The Hall–Kier alpha value is -1.71. The minimum absolute atomic E-state index is 0.0300. The predicted molar refractivity (Wildman–Crippen MR) is 97.7 cm³/mol. The minimum atomic E-state index is -3.87. The van der Waals surface area contributed by atoms with Gasteiger partial charge in [0, 0.05) is 12.6 Å². The highest BCUT2D eigenvalue weighted by Gasteiger charge is 2.26. The first kappa shape index (κ1) is 19.6. The van der Waals surface area contributed by atoms with Crippen molar-refractivity contribution in [2.75, 3.05) is 31.8 Å².